The second-order valence-electron chi connectivity index (χ2n) is 5.16. The molecule has 5 nitrogen and oxygen atoms in total. The van der Waals surface area contributed by atoms with Crippen LogP contribution in [-0.4, -0.2) is 22.5 Å². The molecule has 1 aliphatic heterocycles. The number of ether oxygens (including phenoxy) is 1. The van der Waals surface area contributed by atoms with Gasteiger partial charge in [-0.25, -0.2) is 0 Å². The van der Waals surface area contributed by atoms with Crippen molar-refractivity contribution in [3.05, 3.63) is 17.5 Å². The summed E-state index contributed by atoms with van der Waals surface area (Å²) in [6, 6.07) is 2.33. The summed E-state index contributed by atoms with van der Waals surface area (Å²) in [5, 5.41) is 4.59. The molecule has 2 heterocycles. The number of nitrogens with two attached hydrogens (primary N) is 1. The number of hydrogen-bond acceptors (Lipinski definition) is 4. The van der Waals surface area contributed by atoms with Gasteiger partial charge in [0.15, 0.2) is 0 Å². The van der Waals surface area contributed by atoms with E-state index in [1.54, 1.807) is 0 Å². The summed E-state index contributed by atoms with van der Waals surface area (Å²) in [4.78, 5) is 0. The van der Waals surface area contributed by atoms with Crippen molar-refractivity contribution in [2.75, 3.05) is 6.61 Å². The van der Waals surface area contributed by atoms with Crippen molar-refractivity contribution in [1.82, 2.24) is 15.2 Å². The smallest absolute Gasteiger partial charge is 0.0630 e. The molecule has 108 valence electrons. The van der Waals surface area contributed by atoms with E-state index in [9.17, 15) is 0 Å². The zero-order valence-corrected chi connectivity index (χ0v) is 12.1. The van der Waals surface area contributed by atoms with Gasteiger partial charge in [-0.2, -0.15) is 5.10 Å². The predicted molar refractivity (Wildman–Crippen MR) is 75.6 cm³/mol. The van der Waals surface area contributed by atoms with E-state index in [4.69, 9.17) is 10.6 Å². The van der Waals surface area contributed by atoms with Crippen molar-refractivity contribution in [2.45, 2.75) is 64.6 Å². The van der Waals surface area contributed by atoms with Crippen LogP contribution in [0.25, 0.3) is 0 Å². The molecule has 2 rings (SSSR count). The van der Waals surface area contributed by atoms with Crippen LogP contribution >= 0.6 is 0 Å². The van der Waals surface area contributed by atoms with E-state index in [2.05, 4.69) is 35.1 Å². The fourth-order valence-corrected chi connectivity index (χ4v) is 2.73. The number of aromatic nitrogens is 2. The van der Waals surface area contributed by atoms with Gasteiger partial charge in [-0.05, 0) is 45.1 Å². The Morgan fingerprint density at radius 3 is 3.00 bits per heavy atom. The summed E-state index contributed by atoms with van der Waals surface area (Å²) in [7, 11) is 0. The Morgan fingerprint density at radius 1 is 1.58 bits per heavy atom. The monoisotopic (exact) mass is 266 g/mol. The average Bonchev–Trinajstić information content (AvgIpc) is 3.08. The zero-order valence-electron chi connectivity index (χ0n) is 12.1. The highest BCUT2D eigenvalue weighted by atomic mass is 16.5. The summed E-state index contributed by atoms with van der Waals surface area (Å²) in [5.41, 5.74) is 5.27. The van der Waals surface area contributed by atoms with Crippen LogP contribution in [0.15, 0.2) is 6.07 Å². The Morgan fingerprint density at radius 2 is 2.42 bits per heavy atom. The highest BCUT2D eigenvalue weighted by Crippen LogP contribution is 2.24. The average molecular weight is 266 g/mol. The van der Waals surface area contributed by atoms with Crippen molar-refractivity contribution < 1.29 is 4.74 Å². The summed E-state index contributed by atoms with van der Waals surface area (Å²) >= 11 is 0. The normalized spacial score (nSPS) is 20.9. The van der Waals surface area contributed by atoms with E-state index in [0.29, 0.717) is 6.10 Å². The van der Waals surface area contributed by atoms with E-state index in [0.717, 1.165) is 38.1 Å². The first-order chi connectivity index (χ1) is 9.28. The molecule has 1 aromatic rings. The molecule has 2 atom stereocenters. The minimum absolute atomic E-state index is 0.164. The molecule has 0 saturated carbocycles. The summed E-state index contributed by atoms with van der Waals surface area (Å²) < 4.78 is 7.73. The SMILES string of the molecule is CCc1cc(C(CCC2CCCO2)NN)n(CC)n1. The summed E-state index contributed by atoms with van der Waals surface area (Å²) in [6.45, 7) is 6.04. The lowest BCUT2D eigenvalue weighted by molar-refractivity contribution is 0.0993. The van der Waals surface area contributed by atoms with Crippen LogP contribution in [0.1, 0.15) is 57.0 Å². The third-order valence-corrected chi connectivity index (χ3v) is 3.88. The van der Waals surface area contributed by atoms with Gasteiger partial charge in [0.25, 0.3) is 0 Å². The molecule has 5 heteroatoms. The van der Waals surface area contributed by atoms with Gasteiger partial charge in [-0.15, -0.1) is 0 Å². The van der Waals surface area contributed by atoms with Gasteiger partial charge < -0.3 is 4.74 Å². The van der Waals surface area contributed by atoms with Crippen molar-refractivity contribution in [3.63, 3.8) is 0 Å². The molecule has 0 spiro atoms. The van der Waals surface area contributed by atoms with Gasteiger partial charge in [0, 0.05) is 13.2 Å². The third-order valence-electron chi connectivity index (χ3n) is 3.88. The molecule has 0 aromatic carbocycles. The van der Waals surface area contributed by atoms with Gasteiger partial charge >= 0.3 is 0 Å². The zero-order chi connectivity index (χ0) is 13.7. The lowest BCUT2D eigenvalue weighted by Gasteiger charge is -2.18. The maximum Gasteiger partial charge on any atom is 0.0630 e. The molecule has 0 radical (unpaired) electrons. The Bertz CT molecular complexity index is 385. The Hall–Kier alpha value is -0.910. The van der Waals surface area contributed by atoms with E-state index in [1.165, 1.54) is 18.5 Å². The molecule has 0 bridgehead atoms. The number of hydrazine groups is 1. The molecule has 0 amide bonds. The fraction of sp³-hybridized carbons (Fsp3) is 0.786. The van der Waals surface area contributed by atoms with Crippen LogP contribution in [0.4, 0.5) is 0 Å². The maximum absolute atomic E-state index is 5.73. The molecular weight excluding hydrogens is 240 g/mol. The standard InChI is InChI=1S/C14H26N4O/c1-3-11-10-14(18(4-2)17-11)13(16-15)8-7-12-6-5-9-19-12/h10,12-13,16H,3-9,15H2,1-2H3. The maximum atomic E-state index is 5.73. The first-order valence-corrected chi connectivity index (χ1v) is 7.42. The molecule has 0 aliphatic carbocycles. The van der Waals surface area contributed by atoms with Gasteiger partial charge in [-0.3, -0.25) is 16.0 Å². The number of nitrogens with one attached hydrogen (secondary N) is 1. The molecule has 1 aromatic heterocycles. The van der Waals surface area contributed by atoms with Gasteiger partial charge in [0.05, 0.1) is 23.5 Å². The van der Waals surface area contributed by atoms with Crippen molar-refractivity contribution in [2.24, 2.45) is 5.84 Å². The number of rotatable bonds is 7. The minimum atomic E-state index is 0.164. The molecule has 1 fully saturated rings. The molecule has 1 saturated heterocycles. The number of aryl methyl sites for hydroxylation is 2. The highest BCUT2D eigenvalue weighted by molar-refractivity contribution is 5.14. The van der Waals surface area contributed by atoms with Crippen LogP contribution in [-0.2, 0) is 17.7 Å². The van der Waals surface area contributed by atoms with E-state index in [1.807, 2.05) is 0 Å². The van der Waals surface area contributed by atoms with Crippen LogP contribution in [0, 0.1) is 0 Å². The second-order valence-corrected chi connectivity index (χ2v) is 5.16. The lowest BCUT2D eigenvalue weighted by atomic mass is 10.0. The van der Waals surface area contributed by atoms with Gasteiger partial charge in [-0.1, -0.05) is 6.92 Å². The number of hydrogen-bond donors (Lipinski definition) is 2. The first kappa shape index (κ1) is 14.5. The third kappa shape index (κ3) is 3.55. The quantitative estimate of drug-likeness (QED) is 0.584. The molecular formula is C14H26N4O. The summed E-state index contributed by atoms with van der Waals surface area (Å²) in [5.74, 6) is 5.73. The molecule has 3 N–H and O–H groups in total. The number of nitrogens with zero attached hydrogens (tertiary/aromatic N) is 2. The van der Waals surface area contributed by atoms with Crippen LogP contribution in [0.2, 0.25) is 0 Å². The Labute approximate surface area is 115 Å². The second kappa shape index (κ2) is 7.03. The fourth-order valence-electron chi connectivity index (χ4n) is 2.73. The van der Waals surface area contributed by atoms with E-state index < -0.39 is 0 Å². The van der Waals surface area contributed by atoms with Crippen LogP contribution in [0.5, 0.6) is 0 Å². The van der Waals surface area contributed by atoms with Crippen LogP contribution < -0.4 is 11.3 Å². The predicted octanol–water partition coefficient (Wildman–Crippen LogP) is 1.93. The van der Waals surface area contributed by atoms with E-state index >= 15 is 0 Å². The van der Waals surface area contributed by atoms with Crippen molar-refractivity contribution >= 4 is 0 Å². The first-order valence-electron chi connectivity index (χ1n) is 7.42. The largest absolute Gasteiger partial charge is 0.378 e. The van der Waals surface area contributed by atoms with Crippen molar-refractivity contribution in [1.29, 1.82) is 0 Å². The lowest BCUT2D eigenvalue weighted by Crippen LogP contribution is -2.30. The molecule has 1 aliphatic rings. The van der Waals surface area contributed by atoms with Gasteiger partial charge in [0.1, 0.15) is 0 Å². The Balaban J connectivity index is 2.00. The molecule has 19 heavy (non-hydrogen) atoms. The van der Waals surface area contributed by atoms with Gasteiger partial charge in [0.2, 0.25) is 0 Å². The topological polar surface area (TPSA) is 65.1 Å². The molecule has 2 unspecified atom stereocenters. The Kier molecular flexibility index (Phi) is 5.36. The minimum Gasteiger partial charge on any atom is -0.378 e. The highest BCUT2D eigenvalue weighted by Gasteiger charge is 2.20. The van der Waals surface area contributed by atoms with Crippen LogP contribution in [0.3, 0.4) is 0 Å². The summed E-state index contributed by atoms with van der Waals surface area (Å²) in [6.07, 6.45) is 5.81. The van der Waals surface area contributed by atoms with Crippen molar-refractivity contribution in [3.8, 4) is 0 Å². The van der Waals surface area contributed by atoms with E-state index in [-0.39, 0.29) is 6.04 Å².